The summed E-state index contributed by atoms with van der Waals surface area (Å²) in [6, 6.07) is 2.66. The van der Waals surface area contributed by atoms with E-state index in [1.54, 1.807) is 0 Å². The number of aromatic amines is 1. The average molecular weight is 266 g/mol. The van der Waals surface area contributed by atoms with Gasteiger partial charge in [-0.05, 0) is 18.2 Å². The highest BCUT2D eigenvalue weighted by Gasteiger charge is 2.34. The molecule has 0 spiro atoms. The molecule has 0 radical (unpaired) electrons. The van der Waals surface area contributed by atoms with Gasteiger partial charge in [0.05, 0.1) is 5.02 Å². The summed E-state index contributed by atoms with van der Waals surface area (Å²) in [5, 5.41) is -0.636. The van der Waals surface area contributed by atoms with Crippen LogP contribution in [0.4, 0.5) is 17.6 Å². The fraction of sp³-hybridized carbons (Fsp3) is 0.100. The number of H-pyrrole nitrogens is 1. The normalized spacial score (nSPS) is 12.1. The summed E-state index contributed by atoms with van der Waals surface area (Å²) in [6.45, 7) is 0. The van der Waals surface area contributed by atoms with Crippen LogP contribution in [-0.4, -0.2) is 4.98 Å². The van der Waals surface area contributed by atoms with Gasteiger partial charge in [-0.15, -0.1) is 0 Å². The predicted molar refractivity (Wildman–Crippen MR) is 54.5 cm³/mol. The van der Waals surface area contributed by atoms with Crippen LogP contribution in [-0.2, 0) is 6.18 Å². The van der Waals surface area contributed by atoms with E-state index in [0.29, 0.717) is 6.07 Å². The van der Waals surface area contributed by atoms with Gasteiger partial charge < -0.3 is 4.98 Å². The fourth-order valence-corrected chi connectivity index (χ4v) is 1.65. The van der Waals surface area contributed by atoms with Crippen molar-refractivity contribution in [3.8, 4) is 0 Å². The number of nitrogens with one attached hydrogen (secondary N) is 1. The van der Waals surface area contributed by atoms with E-state index in [2.05, 4.69) is 0 Å². The van der Waals surface area contributed by atoms with E-state index in [9.17, 15) is 22.4 Å². The molecule has 90 valence electrons. The lowest BCUT2D eigenvalue weighted by atomic mass is 10.1. The SMILES string of the molecule is O=c1[nH]c2ccc(F)c(Cl)c2cc1C(F)(F)F. The van der Waals surface area contributed by atoms with Gasteiger partial charge in [0, 0.05) is 10.9 Å². The minimum Gasteiger partial charge on any atom is -0.321 e. The first-order chi connectivity index (χ1) is 7.80. The molecule has 2 rings (SSSR count). The van der Waals surface area contributed by atoms with Crippen molar-refractivity contribution < 1.29 is 17.6 Å². The summed E-state index contributed by atoms with van der Waals surface area (Å²) in [5.41, 5.74) is -2.64. The van der Waals surface area contributed by atoms with Crippen molar-refractivity contribution in [2.24, 2.45) is 0 Å². The zero-order valence-corrected chi connectivity index (χ0v) is 8.79. The van der Waals surface area contributed by atoms with Gasteiger partial charge in [-0.25, -0.2) is 4.39 Å². The number of aromatic nitrogens is 1. The van der Waals surface area contributed by atoms with Gasteiger partial charge in [-0.1, -0.05) is 11.6 Å². The summed E-state index contributed by atoms with van der Waals surface area (Å²) in [6.07, 6.45) is -4.81. The van der Waals surface area contributed by atoms with Gasteiger partial charge in [0.2, 0.25) is 0 Å². The zero-order valence-electron chi connectivity index (χ0n) is 8.03. The smallest absolute Gasteiger partial charge is 0.321 e. The van der Waals surface area contributed by atoms with Crippen molar-refractivity contribution in [3.05, 3.63) is 45.0 Å². The number of halogens is 5. The Morgan fingerprint density at radius 2 is 1.88 bits per heavy atom. The highest BCUT2D eigenvalue weighted by atomic mass is 35.5. The fourth-order valence-electron chi connectivity index (χ4n) is 1.43. The molecule has 1 aromatic heterocycles. The third kappa shape index (κ3) is 2.00. The average Bonchev–Trinajstić information content (AvgIpc) is 2.21. The van der Waals surface area contributed by atoms with E-state index in [1.165, 1.54) is 0 Å². The summed E-state index contributed by atoms with van der Waals surface area (Å²) >= 11 is 5.54. The van der Waals surface area contributed by atoms with Crippen LogP contribution in [0.25, 0.3) is 10.9 Å². The molecule has 0 bridgehead atoms. The topological polar surface area (TPSA) is 32.9 Å². The second-order valence-electron chi connectivity index (χ2n) is 3.33. The third-order valence-electron chi connectivity index (χ3n) is 2.22. The van der Waals surface area contributed by atoms with Gasteiger partial charge in [-0.2, -0.15) is 13.2 Å². The van der Waals surface area contributed by atoms with Crippen molar-refractivity contribution in [1.29, 1.82) is 0 Å². The molecule has 1 aromatic carbocycles. The lowest BCUT2D eigenvalue weighted by Crippen LogP contribution is -2.21. The second-order valence-corrected chi connectivity index (χ2v) is 3.71. The summed E-state index contributed by atoms with van der Waals surface area (Å²) < 4.78 is 50.4. The van der Waals surface area contributed by atoms with Gasteiger partial charge in [0.25, 0.3) is 5.56 Å². The Morgan fingerprint density at radius 1 is 1.24 bits per heavy atom. The van der Waals surface area contributed by atoms with Crippen molar-refractivity contribution >= 4 is 22.5 Å². The van der Waals surface area contributed by atoms with Crippen LogP contribution in [0, 0.1) is 5.82 Å². The molecule has 0 fully saturated rings. The summed E-state index contributed by atoms with van der Waals surface area (Å²) in [4.78, 5) is 13.2. The molecule has 0 aliphatic heterocycles. The van der Waals surface area contributed by atoms with E-state index in [-0.39, 0.29) is 10.9 Å². The quantitative estimate of drug-likeness (QED) is 0.728. The second kappa shape index (κ2) is 3.73. The monoisotopic (exact) mass is 265 g/mol. The first-order valence-electron chi connectivity index (χ1n) is 4.39. The van der Waals surface area contributed by atoms with Crippen LogP contribution in [0.3, 0.4) is 0 Å². The largest absolute Gasteiger partial charge is 0.421 e. The van der Waals surface area contributed by atoms with E-state index < -0.39 is 28.1 Å². The number of hydrogen-bond donors (Lipinski definition) is 1. The Hall–Kier alpha value is -1.56. The van der Waals surface area contributed by atoms with E-state index >= 15 is 0 Å². The van der Waals surface area contributed by atoms with Crippen molar-refractivity contribution in [2.75, 3.05) is 0 Å². The van der Waals surface area contributed by atoms with Crippen LogP contribution < -0.4 is 5.56 Å². The summed E-state index contributed by atoms with van der Waals surface area (Å²) in [5.74, 6) is -0.848. The highest BCUT2D eigenvalue weighted by molar-refractivity contribution is 6.35. The van der Waals surface area contributed by atoms with Crippen molar-refractivity contribution in [3.63, 3.8) is 0 Å². The molecule has 0 saturated heterocycles. The molecule has 2 nitrogen and oxygen atoms in total. The zero-order chi connectivity index (χ0) is 12.8. The molecule has 0 saturated carbocycles. The maximum Gasteiger partial charge on any atom is 0.421 e. The molecule has 2 aromatic rings. The minimum absolute atomic E-state index is 0.0504. The molecule has 17 heavy (non-hydrogen) atoms. The van der Waals surface area contributed by atoms with Crippen LogP contribution in [0.1, 0.15) is 5.56 Å². The minimum atomic E-state index is -4.81. The third-order valence-corrected chi connectivity index (χ3v) is 2.60. The molecule has 0 amide bonds. The molecular weight excluding hydrogens is 262 g/mol. The number of pyridine rings is 1. The molecule has 0 unspecified atom stereocenters. The Balaban J connectivity index is 2.88. The molecule has 0 atom stereocenters. The highest BCUT2D eigenvalue weighted by Crippen LogP contribution is 2.31. The maximum atomic E-state index is 13.1. The Kier molecular flexibility index (Phi) is 2.61. The molecule has 0 aliphatic carbocycles. The standard InChI is InChI=1S/C10H4ClF4NO/c11-8-4-3-5(10(13,14)15)9(17)16-7(4)2-1-6(8)12/h1-3H,(H,16,17). The molecule has 0 aliphatic rings. The Labute approximate surface area is 96.8 Å². The van der Waals surface area contributed by atoms with Crippen molar-refractivity contribution in [2.45, 2.75) is 6.18 Å². The Bertz CT molecular complexity index is 647. The van der Waals surface area contributed by atoms with Crippen LogP contribution in [0.5, 0.6) is 0 Å². The van der Waals surface area contributed by atoms with Crippen LogP contribution in [0.2, 0.25) is 5.02 Å². The van der Waals surface area contributed by atoms with Gasteiger partial charge >= 0.3 is 6.18 Å². The van der Waals surface area contributed by atoms with E-state index in [0.717, 1.165) is 12.1 Å². The predicted octanol–water partition coefficient (Wildman–Crippen LogP) is 3.34. The molecule has 1 N–H and O–H groups in total. The number of hydrogen-bond acceptors (Lipinski definition) is 1. The van der Waals surface area contributed by atoms with E-state index in [4.69, 9.17) is 11.6 Å². The Morgan fingerprint density at radius 3 is 2.47 bits per heavy atom. The maximum absolute atomic E-state index is 13.1. The van der Waals surface area contributed by atoms with Gasteiger partial charge in [0.1, 0.15) is 11.4 Å². The van der Waals surface area contributed by atoms with Gasteiger partial charge in [-0.3, -0.25) is 4.79 Å². The molecule has 7 heteroatoms. The molecular formula is C10H4ClF4NO. The van der Waals surface area contributed by atoms with Crippen LogP contribution in [0.15, 0.2) is 23.0 Å². The van der Waals surface area contributed by atoms with Crippen LogP contribution >= 0.6 is 11.6 Å². The number of benzene rings is 1. The first kappa shape index (κ1) is 11.9. The first-order valence-corrected chi connectivity index (χ1v) is 4.77. The van der Waals surface area contributed by atoms with Gasteiger partial charge in [0.15, 0.2) is 0 Å². The number of rotatable bonds is 0. The molecule has 1 heterocycles. The lowest BCUT2D eigenvalue weighted by molar-refractivity contribution is -0.138. The van der Waals surface area contributed by atoms with E-state index in [1.807, 2.05) is 4.98 Å². The number of fused-ring (bicyclic) bond motifs is 1. The van der Waals surface area contributed by atoms with Crippen molar-refractivity contribution in [1.82, 2.24) is 4.98 Å². The lowest BCUT2D eigenvalue weighted by Gasteiger charge is -2.08. The number of alkyl halides is 3. The summed E-state index contributed by atoms with van der Waals surface area (Å²) in [7, 11) is 0.